The molecule has 9 aromatic heterocycles. The van der Waals surface area contributed by atoms with Gasteiger partial charge in [-0.15, -0.1) is 22.7 Å². The van der Waals surface area contributed by atoms with Crippen LogP contribution in [-0.2, 0) is 0 Å². The number of hydrogen-bond donors (Lipinski definition) is 0. The van der Waals surface area contributed by atoms with Crippen molar-refractivity contribution in [2.45, 2.75) is 0 Å². The van der Waals surface area contributed by atoms with Crippen molar-refractivity contribution in [1.29, 1.82) is 0 Å². The Balaban J connectivity index is 0.000000106. The molecule has 27 aromatic rings. The van der Waals surface area contributed by atoms with E-state index in [1.54, 1.807) is 0 Å². The monoisotopic (exact) mass is 1720 g/mol. The molecule has 0 radical (unpaired) electrons. The Hall–Kier alpha value is -17.4. The minimum atomic E-state index is 0.637. The zero-order valence-electron chi connectivity index (χ0n) is 70.7. The molecule has 0 N–H and O–H groups in total. The molecule has 18 aromatic carbocycles. The fourth-order valence-electron chi connectivity index (χ4n) is 18.7. The van der Waals surface area contributed by atoms with Crippen LogP contribution in [0, 0.1) is 0 Å². The van der Waals surface area contributed by atoms with E-state index in [2.05, 4.69) is 256 Å². The first-order valence-corrected chi connectivity index (χ1v) is 45.5. The van der Waals surface area contributed by atoms with Gasteiger partial charge in [0.2, 0.25) is 0 Å². The summed E-state index contributed by atoms with van der Waals surface area (Å²) in [6.07, 6.45) is 0. The zero-order chi connectivity index (χ0) is 87.1. The smallest absolute Gasteiger partial charge is 0.164 e. The van der Waals surface area contributed by atoms with Gasteiger partial charge in [-0.25, -0.2) is 44.9 Å². The van der Waals surface area contributed by atoms with Gasteiger partial charge >= 0.3 is 0 Å². The third-order valence-corrected chi connectivity index (χ3v) is 27.1. The molecule has 0 fully saturated rings. The van der Waals surface area contributed by atoms with Crippen molar-refractivity contribution in [2.75, 3.05) is 0 Å². The number of aromatic nitrogens is 12. The number of fused-ring (bicyclic) bond motifs is 21. The van der Waals surface area contributed by atoms with Gasteiger partial charge in [0, 0.05) is 151 Å². The predicted octanol–water partition coefficient (Wildman–Crippen LogP) is 30.5. The lowest BCUT2D eigenvalue weighted by molar-refractivity contribution is 0.669. The number of rotatable bonds is 12. The van der Waals surface area contributed by atoms with E-state index in [9.17, 15) is 0 Å². The molecule has 0 aliphatic rings. The van der Waals surface area contributed by atoms with Crippen LogP contribution in [0.1, 0.15) is 0 Å². The highest BCUT2D eigenvalue weighted by atomic mass is 32.1. The van der Waals surface area contributed by atoms with Crippen LogP contribution < -0.4 is 0 Å². The molecule has 15 heteroatoms. The summed E-state index contributed by atoms with van der Waals surface area (Å²) in [5.41, 5.74) is 20.7. The number of hydrogen-bond acceptors (Lipinski definition) is 12. The molecule has 0 unspecified atom stereocenters. The fraction of sp³-hybridized carbons (Fsp3) is 0. The fourth-order valence-corrected chi connectivity index (χ4v) is 21.1. The van der Waals surface area contributed by atoms with Crippen LogP contribution in [-0.4, -0.2) is 58.6 Å². The van der Waals surface area contributed by atoms with Gasteiger partial charge in [-0.3, -0.25) is 0 Å². The molecular weight excluding hydrogens is 1650 g/mol. The first-order valence-electron chi connectivity index (χ1n) is 43.9. The van der Waals surface area contributed by atoms with E-state index < -0.39 is 0 Å². The summed E-state index contributed by atoms with van der Waals surface area (Å²) in [6, 6.07) is 151. The van der Waals surface area contributed by atoms with Crippen molar-refractivity contribution in [2.24, 2.45) is 0 Å². The quantitative estimate of drug-likeness (QED) is 0.116. The first-order chi connectivity index (χ1) is 65.4. The summed E-state index contributed by atoms with van der Waals surface area (Å²) in [5.74, 6) is 5.88. The highest BCUT2D eigenvalue weighted by Crippen LogP contribution is 2.48. The summed E-state index contributed by atoms with van der Waals surface area (Å²) < 4.78 is 18.6. The van der Waals surface area contributed by atoms with E-state index in [1.165, 1.54) is 94.7 Å². The largest absolute Gasteiger partial charge is 0.456 e. The molecule has 0 aliphatic carbocycles. The van der Waals surface area contributed by atoms with Crippen molar-refractivity contribution in [1.82, 2.24) is 58.6 Å². The highest BCUT2D eigenvalue weighted by Gasteiger charge is 2.25. The minimum absolute atomic E-state index is 0.637. The predicted molar refractivity (Wildman–Crippen MR) is 544 cm³/mol. The Morgan fingerprint density at radius 2 is 0.439 bits per heavy atom. The summed E-state index contributed by atoms with van der Waals surface area (Å²) in [6.45, 7) is 0. The molecule has 27 rings (SSSR count). The average Bonchev–Trinajstić information content (AvgIpc) is 1.57. The summed E-state index contributed by atoms with van der Waals surface area (Å²) in [5, 5.41) is 15.1. The van der Waals surface area contributed by atoms with Crippen LogP contribution >= 0.6 is 22.7 Å². The van der Waals surface area contributed by atoms with Crippen LogP contribution in [0.5, 0.6) is 0 Å². The maximum absolute atomic E-state index is 6.24. The van der Waals surface area contributed by atoms with Crippen molar-refractivity contribution in [3.63, 3.8) is 0 Å². The van der Waals surface area contributed by atoms with Crippen LogP contribution in [0.15, 0.2) is 441 Å². The molecule has 0 atom stereocenters. The second-order valence-electron chi connectivity index (χ2n) is 32.6. The third-order valence-electron chi connectivity index (χ3n) is 24.8. The Morgan fingerprint density at radius 3 is 0.826 bits per heavy atom. The van der Waals surface area contributed by atoms with Crippen molar-refractivity contribution < 1.29 is 4.42 Å². The minimum Gasteiger partial charge on any atom is -0.456 e. The van der Waals surface area contributed by atoms with E-state index in [1.807, 2.05) is 217 Å². The molecular formula is C117H72N12OS2. The van der Waals surface area contributed by atoms with E-state index in [0.717, 1.165) is 100 Å². The summed E-state index contributed by atoms with van der Waals surface area (Å²) >= 11 is 3.74. The second-order valence-corrected chi connectivity index (χ2v) is 34.7. The number of benzene rings is 18. The lowest BCUT2D eigenvalue weighted by Crippen LogP contribution is -2.00. The van der Waals surface area contributed by atoms with Crippen LogP contribution in [0.2, 0.25) is 0 Å². The number of furan rings is 1. The van der Waals surface area contributed by atoms with Gasteiger partial charge in [0.15, 0.2) is 52.4 Å². The van der Waals surface area contributed by atoms with Crippen LogP contribution in [0.3, 0.4) is 0 Å². The van der Waals surface area contributed by atoms with Crippen LogP contribution in [0.25, 0.3) is 247 Å². The Bertz CT molecular complexity index is 8580. The zero-order valence-corrected chi connectivity index (χ0v) is 72.3. The van der Waals surface area contributed by atoms with E-state index in [0.29, 0.717) is 52.4 Å². The van der Waals surface area contributed by atoms with Gasteiger partial charge in [0.1, 0.15) is 11.2 Å². The third kappa shape index (κ3) is 13.6. The van der Waals surface area contributed by atoms with Gasteiger partial charge in [-0.05, 0) is 140 Å². The lowest BCUT2D eigenvalue weighted by Gasteiger charge is -2.11. The van der Waals surface area contributed by atoms with Crippen molar-refractivity contribution in [3.8, 4) is 120 Å². The maximum atomic E-state index is 6.24. The molecule has 0 saturated carbocycles. The Morgan fingerprint density at radius 1 is 0.159 bits per heavy atom. The molecule has 132 heavy (non-hydrogen) atoms. The SMILES string of the molecule is c1ccc(-c2nc(-c3ccccc3)nc(-c3ccc(-n4c5ccccc5c5c6c(ccc54)oc4ccccc46)cc3)n2)cc1.c1ccc(-c2nc(-c3ccccc3)nc(-c3ccc(-n4c5ccccc5c5c6c(ccc54)sc4ccccc46)cc3)n2)cc1.c1ccc(-c2nc(-c3ccccc3)nc(-c3ccc(-n4c5ccccc5c5c6sc7ccccc7c6ccc54)cc3)n2)cc1. The van der Waals surface area contributed by atoms with Crippen LogP contribution in [0.4, 0.5) is 0 Å². The highest BCUT2D eigenvalue weighted by molar-refractivity contribution is 7.27. The van der Waals surface area contributed by atoms with Gasteiger partial charge in [-0.1, -0.05) is 297 Å². The van der Waals surface area contributed by atoms with Gasteiger partial charge in [-0.2, -0.15) is 0 Å². The lowest BCUT2D eigenvalue weighted by atomic mass is 10.1. The van der Waals surface area contributed by atoms with E-state index >= 15 is 0 Å². The molecule has 0 amide bonds. The van der Waals surface area contributed by atoms with Gasteiger partial charge in [0.05, 0.1) is 33.1 Å². The molecule has 0 bridgehead atoms. The Labute approximate surface area is 764 Å². The molecule has 0 spiro atoms. The summed E-state index contributed by atoms with van der Waals surface area (Å²) in [4.78, 5) is 44.0. The normalized spacial score (nSPS) is 11.6. The second kappa shape index (κ2) is 32.5. The molecule has 13 nitrogen and oxygen atoms in total. The van der Waals surface area contributed by atoms with Gasteiger partial charge in [0.25, 0.3) is 0 Å². The standard InChI is InChI=1S/C39H24N4O.2C39H24N4S/c1-3-11-25(12-4-1)37-40-38(26-13-5-2-6-14-26)42-39(41-37)27-19-21-28(22-20-27)43-31-17-9-7-15-29(31)35-32(43)23-24-34-36(35)30-16-8-10-18-33(30)44-34;1-3-11-25(12-4-1)37-40-38(26-13-5-2-6-14-26)42-39(41-37)27-19-21-28(22-20-27)43-32-17-9-7-16-31(32)35-33(43)24-23-30-29-15-8-10-18-34(29)44-36(30)35;1-3-11-25(12-4-1)37-40-38(26-13-5-2-6-14-26)42-39(41-37)27-19-21-28(22-20-27)43-31-17-9-7-15-29(31)35-32(43)23-24-34-36(35)30-16-8-10-18-33(30)44-34/h3*1-24H. The topological polar surface area (TPSA) is 144 Å². The number of para-hydroxylation sites is 4. The number of thiophene rings is 2. The number of nitrogens with zero attached hydrogens (tertiary/aromatic N) is 12. The van der Waals surface area contributed by atoms with E-state index in [-0.39, 0.29) is 0 Å². The Kier molecular flexibility index (Phi) is 19.0. The maximum Gasteiger partial charge on any atom is 0.164 e. The first kappa shape index (κ1) is 77.0. The molecule has 0 saturated heterocycles. The van der Waals surface area contributed by atoms with Crippen molar-refractivity contribution in [3.05, 3.63) is 437 Å². The van der Waals surface area contributed by atoms with Crippen molar-refractivity contribution >= 4 is 150 Å². The summed E-state index contributed by atoms with van der Waals surface area (Å²) in [7, 11) is 0. The van der Waals surface area contributed by atoms with E-state index in [4.69, 9.17) is 49.3 Å². The average molecular weight is 1730 g/mol. The molecule has 0 aliphatic heterocycles. The van der Waals surface area contributed by atoms with Gasteiger partial charge < -0.3 is 18.1 Å². The molecule has 618 valence electrons. The molecule has 9 heterocycles.